The van der Waals surface area contributed by atoms with Crippen molar-refractivity contribution in [1.29, 1.82) is 0 Å². The van der Waals surface area contributed by atoms with Gasteiger partial charge in [-0.15, -0.1) is 0 Å². The number of ether oxygens (including phenoxy) is 12. The van der Waals surface area contributed by atoms with Gasteiger partial charge in [-0.2, -0.15) is 0 Å². The van der Waals surface area contributed by atoms with Gasteiger partial charge in [0.1, 0.15) is 26.4 Å². The summed E-state index contributed by atoms with van der Waals surface area (Å²) in [6.45, 7) is 9.09. The van der Waals surface area contributed by atoms with Crippen molar-refractivity contribution >= 4 is 31.9 Å². The highest BCUT2D eigenvalue weighted by Crippen LogP contribution is 2.46. The lowest BCUT2D eigenvalue weighted by Gasteiger charge is -2.25. The van der Waals surface area contributed by atoms with Crippen LogP contribution in [-0.4, -0.2) is 132 Å². The molecule has 2 heterocycles. The van der Waals surface area contributed by atoms with Crippen LogP contribution in [0.1, 0.15) is 22.3 Å². The van der Waals surface area contributed by atoms with Gasteiger partial charge in [0, 0.05) is 20.1 Å². The van der Waals surface area contributed by atoms with Crippen molar-refractivity contribution in [3.8, 4) is 23.0 Å². The molecule has 0 atom stereocenters. The van der Waals surface area contributed by atoms with Gasteiger partial charge in [0.25, 0.3) is 0 Å². The van der Waals surface area contributed by atoms with Crippen LogP contribution in [0.2, 0.25) is 0 Å². The second kappa shape index (κ2) is 23.1. The summed E-state index contributed by atoms with van der Waals surface area (Å²) in [5.74, 6) is 2.89. The minimum Gasteiger partial charge on any atom is -0.487 e. The van der Waals surface area contributed by atoms with Crippen molar-refractivity contribution in [3.63, 3.8) is 0 Å². The van der Waals surface area contributed by atoms with E-state index in [1.54, 1.807) is 0 Å². The molecule has 0 aromatic heterocycles. The van der Waals surface area contributed by atoms with Gasteiger partial charge in [0.15, 0.2) is 23.0 Å². The maximum atomic E-state index is 6.50. The molecule has 12 nitrogen and oxygen atoms in total. The Labute approximate surface area is 311 Å². The number of rotatable bonds is 0. The van der Waals surface area contributed by atoms with Gasteiger partial charge < -0.3 is 56.8 Å². The normalized spacial score (nSPS) is 20.7. The van der Waals surface area contributed by atoms with Crippen LogP contribution in [0.3, 0.4) is 0 Å². The van der Waals surface area contributed by atoms with Gasteiger partial charge in [0.05, 0.1) is 106 Å². The predicted octanol–water partition coefficient (Wildman–Crippen LogP) is 4.77. The molecule has 280 valence electrons. The first-order valence-corrected chi connectivity index (χ1v) is 19.1. The molecule has 4 bridgehead atoms. The Bertz CT molecular complexity index is 1200. The maximum Gasteiger partial charge on any atom is 0.165 e. The fourth-order valence-electron chi connectivity index (χ4n) is 5.71. The molecule has 0 spiro atoms. The second-order valence-corrected chi connectivity index (χ2v) is 13.3. The molecule has 4 aliphatic rings. The van der Waals surface area contributed by atoms with Crippen LogP contribution in [-0.2, 0) is 63.6 Å². The van der Waals surface area contributed by atoms with Gasteiger partial charge >= 0.3 is 0 Å². The van der Waals surface area contributed by atoms with Crippen LogP contribution >= 0.6 is 31.9 Å². The lowest BCUT2D eigenvalue weighted by atomic mass is 9.93. The SMILES string of the molecule is Brc1cc2c3c(c1CCc1cc(Br)c(c4c1OCCOCCOCCOCCOCCO4)CC2)OCCOCCOCCOCCOCCO3. The Morgan fingerprint density at radius 1 is 0.300 bits per heavy atom. The summed E-state index contributed by atoms with van der Waals surface area (Å²) in [4.78, 5) is 0. The molecule has 6 rings (SSSR count). The first kappa shape index (κ1) is 39.5. The first-order chi connectivity index (χ1) is 24.7. The van der Waals surface area contributed by atoms with Crippen LogP contribution < -0.4 is 18.9 Å². The van der Waals surface area contributed by atoms with Gasteiger partial charge in [-0.1, -0.05) is 31.9 Å². The molecule has 2 aromatic rings. The fraction of sp³-hybridized carbons (Fsp3) is 0.667. The third kappa shape index (κ3) is 12.7. The zero-order chi connectivity index (χ0) is 34.6. The van der Waals surface area contributed by atoms with E-state index in [4.69, 9.17) is 56.8 Å². The average molecular weight is 835 g/mol. The quantitative estimate of drug-likeness (QED) is 0.365. The van der Waals surface area contributed by atoms with E-state index in [1.807, 2.05) is 0 Å². The van der Waals surface area contributed by atoms with E-state index in [1.165, 1.54) is 0 Å². The van der Waals surface area contributed by atoms with Crippen molar-refractivity contribution in [2.75, 3.05) is 132 Å². The number of hydrogen-bond donors (Lipinski definition) is 0. The maximum absolute atomic E-state index is 6.50. The summed E-state index contributed by atoms with van der Waals surface area (Å²) in [6, 6.07) is 4.30. The summed E-state index contributed by atoms with van der Waals surface area (Å²) < 4.78 is 73.5. The zero-order valence-electron chi connectivity index (χ0n) is 28.8. The number of benzene rings is 2. The van der Waals surface area contributed by atoms with Crippen molar-refractivity contribution in [3.05, 3.63) is 43.3 Å². The Morgan fingerprint density at radius 3 is 0.820 bits per heavy atom. The summed E-state index contributed by atoms with van der Waals surface area (Å²) in [6.07, 6.45) is 2.59. The van der Waals surface area contributed by atoms with Crippen molar-refractivity contribution in [2.24, 2.45) is 0 Å². The van der Waals surface area contributed by atoms with Crippen molar-refractivity contribution in [1.82, 2.24) is 0 Å². The summed E-state index contributed by atoms with van der Waals surface area (Å²) in [5, 5.41) is 0. The van der Waals surface area contributed by atoms with Gasteiger partial charge in [-0.25, -0.2) is 0 Å². The van der Waals surface area contributed by atoms with Crippen LogP contribution in [0, 0.1) is 0 Å². The summed E-state index contributed by atoms with van der Waals surface area (Å²) in [5.41, 5.74) is 4.02. The summed E-state index contributed by atoms with van der Waals surface area (Å²) >= 11 is 7.76. The predicted molar refractivity (Wildman–Crippen MR) is 192 cm³/mol. The highest BCUT2D eigenvalue weighted by atomic mass is 79.9. The second-order valence-electron chi connectivity index (χ2n) is 11.6. The van der Waals surface area contributed by atoms with Crippen LogP contribution in [0.4, 0.5) is 0 Å². The van der Waals surface area contributed by atoms with Crippen LogP contribution in [0.25, 0.3) is 0 Å². The Morgan fingerprint density at radius 2 is 0.540 bits per heavy atom. The number of hydrogen-bond acceptors (Lipinski definition) is 12. The van der Waals surface area contributed by atoms with E-state index in [0.717, 1.165) is 54.2 Å². The third-order valence-electron chi connectivity index (χ3n) is 8.14. The number of aryl methyl sites for hydroxylation is 2. The van der Waals surface area contributed by atoms with Crippen LogP contribution in [0.15, 0.2) is 21.1 Å². The van der Waals surface area contributed by atoms with E-state index in [2.05, 4.69) is 44.0 Å². The standard InChI is InChI=1S/C36H50Br2O12/c37-31-25-27-1-3-29-32(38)26-28(34-35(29)49-23-19-45-15-11-41-8-6-40-10-14-44-18-22-48-34)2-4-30(31)36-33(27)47-21-17-43-13-9-39-5-7-42-12-16-46-20-24-50-36/h25-26H,1-24H2. The average Bonchev–Trinajstić information content (AvgIpc) is 3.10. The Balaban J connectivity index is 1.41. The molecule has 2 aliphatic carbocycles. The van der Waals surface area contributed by atoms with Gasteiger partial charge in [-0.3, -0.25) is 0 Å². The van der Waals surface area contributed by atoms with E-state index in [-0.39, 0.29) is 0 Å². The monoisotopic (exact) mass is 832 g/mol. The highest BCUT2D eigenvalue weighted by Gasteiger charge is 2.26. The van der Waals surface area contributed by atoms with E-state index in [0.29, 0.717) is 158 Å². The smallest absolute Gasteiger partial charge is 0.165 e. The number of fused-ring (bicyclic) bond motifs is 4. The molecule has 2 aliphatic heterocycles. The van der Waals surface area contributed by atoms with E-state index in [9.17, 15) is 0 Å². The van der Waals surface area contributed by atoms with Gasteiger partial charge in [-0.05, 0) is 48.9 Å². The molecule has 14 heteroatoms. The third-order valence-corrected chi connectivity index (χ3v) is 9.55. The lowest BCUT2D eigenvalue weighted by Crippen LogP contribution is -2.18. The zero-order valence-corrected chi connectivity index (χ0v) is 32.0. The minimum atomic E-state index is 0.365. The molecule has 50 heavy (non-hydrogen) atoms. The molecule has 0 fully saturated rings. The Kier molecular flexibility index (Phi) is 18.2. The molecule has 0 radical (unpaired) electrons. The van der Waals surface area contributed by atoms with Crippen molar-refractivity contribution in [2.45, 2.75) is 25.7 Å². The van der Waals surface area contributed by atoms with Gasteiger partial charge in [0.2, 0.25) is 0 Å². The molecule has 0 unspecified atom stereocenters. The molecule has 2 aromatic carbocycles. The molecule has 0 N–H and O–H groups in total. The highest BCUT2D eigenvalue weighted by molar-refractivity contribution is 9.10. The fourth-order valence-corrected chi connectivity index (χ4v) is 7.02. The lowest BCUT2D eigenvalue weighted by molar-refractivity contribution is -0.00856. The molecular formula is C36H50Br2O12. The molecular weight excluding hydrogens is 784 g/mol. The van der Waals surface area contributed by atoms with E-state index < -0.39 is 0 Å². The largest absolute Gasteiger partial charge is 0.487 e. The molecule has 0 saturated carbocycles. The topological polar surface area (TPSA) is 111 Å². The number of halogens is 2. The van der Waals surface area contributed by atoms with E-state index >= 15 is 0 Å². The van der Waals surface area contributed by atoms with Crippen LogP contribution in [0.5, 0.6) is 23.0 Å². The minimum absolute atomic E-state index is 0.365. The van der Waals surface area contributed by atoms with Crippen molar-refractivity contribution < 1.29 is 56.8 Å². The molecule has 0 saturated heterocycles. The Hall–Kier alpha value is -1.72. The first-order valence-electron chi connectivity index (χ1n) is 17.5. The molecule has 0 amide bonds. The summed E-state index contributed by atoms with van der Waals surface area (Å²) in [7, 11) is 0.